The van der Waals surface area contributed by atoms with Gasteiger partial charge in [-0.3, -0.25) is 4.79 Å². The standard InChI is InChI=1S/C27H25BrFN5O2/c1-16-26(35)33(13-12-17-2-11-23(30)24(31)14-17)27(36-16)22-15-34(21-9-5-19(28)6-10-21)32-25(22)18-3-7-20(29)8-4-18/h2-11,14-16,27H,12-13,30-31H2,1H3/t16-,27?/m0/s1. The second-order valence-electron chi connectivity index (χ2n) is 8.74. The van der Waals surface area contributed by atoms with E-state index in [-0.39, 0.29) is 11.7 Å². The molecule has 0 radical (unpaired) electrons. The fraction of sp³-hybridized carbons (Fsp3) is 0.185. The van der Waals surface area contributed by atoms with Gasteiger partial charge in [0.25, 0.3) is 5.91 Å². The zero-order valence-corrected chi connectivity index (χ0v) is 21.2. The van der Waals surface area contributed by atoms with Crippen molar-refractivity contribution < 1.29 is 13.9 Å². The van der Waals surface area contributed by atoms with E-state index < -0.39 is 12.3 Å². The fourth-order valence-electron chi connectivity index (χ4n) is 4.30. The molecule has 1 fully saturated rings. The number of anilines is 2. The van der Waals surface area contributed by atoms with Crippen LogP contribution in [0, 0.1) is 5.82 Å². The van der Waals surface area contributed by atoms with E-state index in [4.69, 9.17) is 21.3 Å². The smallest absolute Gasteiger partial charge is 0.253 e. The highest BCUT2D eigenvalue weighted by atomic mass is 79.9. The molecule has 0 spiro atoms. The van der Waals surface area contributed by atoms with Gasteiger partial charge in [0, 0.05) is 28.3 Å². The quantitative estimate of drug-likeness (QED) is 0.326. The van der Waals surface area contributed by atoms with Crippen LogP contribution in [0.4, 0.5) is 15.8 Å². The number of hydrogen-bond donors (Lipinski definition) is 2. The van der Waals surface area contributed by atoms with Crippen LogP contribution in [-0.2, 0) is 16.0 Å². The lowest BCUT2D eigenvalue weighted by Gasteiger charge is -2.23. The van der Waals surface area contributed by atoms with Crippen molar-refractivity contribution in [3.63, 3.8) is 0 Å². The van der Waals surface area contributed by atoms with Crippen molar-refractivity contribution in [2.75, 3.05) is 18.0 Å². The molecule has 1 aromatic heterocycles. The molecule has 2 atom stereocenters. The first kappa shape index (κ1) is 24.0. The van der Waals surface area contributed by atoms with Crippen LogP contribution in [0.2, 0.25) is 0 Å². The van der Waals surface area contributed by atoms with E-state index in [0.717, 1.165) is 26.9 Å². The maximum Gasteiger partial charge on any atom is 0.253 e. The van der Waals surface area contributed by atoms with Gasteiger partial charge >= 0.3 is 0 Å². The summed E-state index contributed by atoms with van der Waals surface area (Å²) in [6.45, 7) is 2.16. The Morgan fingerprint density at radius 1 is 1.03 bits per heavy atom. The molecule has 5 rings (SSSR count). The average molecular weight is 550 g/mol. The van der Waals surface area contributed by atoms with Crippen molar-refractivity contribution in [2.24, 2.45) is 0 Å². The van der Waals surface area contributed by atoms with E-state index in [2.05, 4.69) is 15.9 Å². The Labute approximate surface area is 216 Å². The van der Waals surface area contributed by atoms with Gasteiger partial charge in [-0.2, -0.15) is 5.10 Å². The van der Waals surface area contributed by atoms with Crippen LogP contribution in [0.25, 0.3) is 16.9 Å². The molecule has 1 unspecified atom stereocenters. The summed E-state index contributed by atoms with van der Waals surface area (Å²) in [5.74, 6) is -0.442. The number of nitrogens with zero attached hydrogens (tertiary/aromatic N) is 3. The van der Waals surface area contributed by atoms with Crippen molar-refractivity contribution in [2.45, 2.75) is 25.7 Å². The number of nitrogen functional groups attached to an aromatic ring is 2. The Morgan fingerprint density at radius 3 is 2.44 bits per heavy atom. The lowest BCUT2D eigenvalue weighted by Crippen LogP contribution is -2.32. The number of halogens is 2. The third kappa shape index (κ3) is 4.72. The van der Waals surface area contributed by atoms with Crippen LogP contribution in [0.15, 0.2) is 77.4 Å². The topological polar surface area (TPSA) is 99.4 Å². The van der Waals surface area contributed by atoms with E-state index in [9.17, 15) is 9.18 Å². The summed E-state index contributed by atoms with van der Waals surface area (Å²) in [6, 6.07) is 19.3. The Bertz CT molecular complexity index is 1400. The highest BCUT2D eigenvalue weighted by Gasteiger charge is 2.40. The summed E-state index contributed by atoms with van der Waals surface area (Å²) in [5, 5.41) is 4.81. The number of carbonyl (C=O) groups is 1. The third-order valence-electron chi connectivity index (χ3n) is 6.26. The Morgan fingerprint density at radius 2 is 1.75 bits per heavy atom. The molecular formula is C27H25BrFN5O2. The van der Waals surface area contributed by atoms with Gasteiger partial charge in [0.2, 0.25) is 0 Å². The number of ether oxygens (including phenoxy) is 1. The van der Waals surface area contributed by atoms with E-state index in [1.165, 1.54) is 12.1 Å². The normalized spacial score (nSPS) is 17.6. The maximum absolute atomic E-state index is 13.7. The van der Waals surface area contributed by atoms with Crippen LogP contribution >= 0.6 is 15.9 Å². The molecule has 4 N–H and O–H groups in total. The molecule has 1 aliphatic rings. The summed E-state index contributed by atoms with van der Waals surface area (Å²) in [7, 11) is 0. The Balaban J connectivity index is 1.53. The maximum atomic E-state index is 13.7. The van der Waals surface area contributed by atoms with Crippen molar-refractivity contribution >= 4 is 33.2 Å². The number of benzene rings is 3. The van der Waals surface area contributed by atoms with Gasteiger partial charge in [0.1, 0.15) is 17.6 Å². The van der Waals surface area contributed by atoms with Crippen LogP contribution in [0.5, 0.6) is 0 Å². The number of rotatable bonds is 6. The lowest BCUT2D eigenvalue weighted by molar-refractivity contribution is -0.130. The van der Waals surface area contributed by atoms with Crippen LogP contribution in [0.3, 0.4) is 0 Å². The van der Waals surface area contributed by atoms with Gasteiger partial charge in [-0.1, -0.05) is 22.0 Å². The molecule has 9 heteroatoms. The van der Waals surface area contributed by atoms with Gasteiger partial charge in [-0.15, -0.1) is 0 Å². The molecule has 3 aromatic carbocycles. The molecule has 184 valence electrons. The Hall–Kier alpha value is -3.69. The second kappa shape index (κ2) is 9.75. The molecule has 36 heavy (non-hydrogen) atoms. The van der Waals surface area contributed by atoms with E-state index >= 15 is 0 Å². The molecule has 0 bridgehead atoms. The number of amides is 1. The molecule has 1 aliphatic heterocycles. The van der Waals surface area contributed by atoms with Gasteiger partial charge in [0.05, 0.1) is 17.1 Å². The van der Waals surface area contributed by atoms with Gasteiger partial charge < -0.3 is 21.1 Å². The zero-order chi connectivity index (χ0) is 25.4. The summed E-state index contributed by atoms with van der Waals surface area (Å²) in [5.41, 5.74) is 16.7. The largest absolute Gasteiger partial charge is 0.397 e. The number of hydrogen-bond acceptors (Lipinski definition) is 5. The molecule has 7 nitrogen and oxygen atoms in total. The molecule has 1 saturated heterocycles. The number of aromatic nitrogens is 2. The van der Waals surface area contributed by atoms with Gasteiger partial charge in [0.15, 0.2) is 6.23 Å². The van der Waals surface area contributed by atoms with Crippen molar-refractivity contribution in [3.05, 3.63) is 94.3 Å². The number of nitrogens with two attached hydrogens (primary N) is 2. The second-order valence-corrected chi connectivity index (χ2v) is 9.65. The van der Waals surface area contributed by atoms with Crippen molar-refractivity contribution in [3.8, 4) is 16.9 Å². The lowest BCUT2D eigenvalue weighted by atomic mass is 10.1. The summed E-state index contributed by atoms with van der Waals surface area (Å²) in [6.07, 6.45) is 1.19. The van der Waals surface area contributed by atoms with Crippen LogP contribution in [-0.4, -0.2) is 33.2 Å². The van der Waals surface area contributed by atoms with Crippen LogP contribution < -0.4 is 11.5 Å². The highest BCUT2D eigenvalue weighted by Crippen LogP contribution is 2.37. The first-order valence-electron chi connectivity index (χ1n) is 11.5. The molecule has 0 aliphatic carbocycles. The summed E-state index contributed by atoms with van der Waals surface area (Å²) >= 11 is 3.46. The molecule has 0 saturated carbocycles. The fourth-order valence-corrected chi connectivity index (χ4v) is 4.56. The first-order chi connectivity index (χ1) is 17.3. The monoisotopic (exact) mass is 549 g/mol. The van der Waals surface area contributed by atoms with E-state index in [1.54, 1.807) is 34.7 Å². The third-order valence-corrected chi connectivity index (χ3v) is 6.79. The minimum absolute atomic E-state index is 0.107. The van der Waals surface area contributed by atoms with Gasteiger partial charge in [-0.05, 0) is 79.6 Å². The molecule has 4 aromatic rings. The average Bonchev–Trinajstić information content (AvgIpc) is 3.42. The molecule has 2 heterocycles. The minimum Gasteiger partial charge on any atom is -0.397 e. The summed E-state index contributed by atoms with van der Waals surface area (Å²) < 4.78 is 22.5. The van der Waals surface area contributed by atoms with Crippen molar-refractivity contribution in [1.82, 2.24) is 14.7 Å². The van der Waals surface area contributed by atoms with Crippen LogP contribution in [0.1, 0.15) is 24.3 Å². The van der Waals surface area contributed by atoms with E-state index in [1.807, 2.05) is 42.6 Å². The minimum atomic E-state index is -0.650. The molecule has 1 amide bonds. The van der Waals surface area contributed by atoms with Crippen molar-refractivity contribution in [1.29, 1.82) is 0 Å². The highest BCUT2D eigenvalue weighted by molar-refractivity contribution is 9.10. The zero-order valence-electron chi connectivity index (χ0n) is 19.6. The Kier molecular flexibility index (Phi) is 6.51. The predicted molar refractivity (Wildman–Crippen MR) is 141 cm³/mol. The SMILES string of the molecule is C[C@@H]1OC(c2cn(-c3ccc(Br)cc3)nc2-c2ccc(F)cc2)N(CCc2ccc(N)c(N)c2)C1=O. The van der Waals surface area contributed by atoms with E-state index in [0.29, 0.717) is 30.0 Å². The summed E-state index contributed by atoms with van der Waals surface area (Å²) in [4.78, 5) is 14.8. The predicted octanol–water partition coefficient (Wildman–Crippen LogP) is 5.09. The number of carbonyl (C=O) groups excluding carboxylic acids is 1. The first-order valence-corrected chi connectivity index (χ1v) is 12.3. The molecular weight excluding hydrogens is 525 g/mol. The van der Waals surface area contributed by atoms with Gasteiger partial charge in [-0.25, -0.2) is 9.07 Å².